The van der Waals surface area contributed by atoms with E-state index < -0.39 is 5.97 Å². The number of thiol groups is 2. The molecule has 0 aliphatic rings. The fourth-order valence-corrected chi connectivity index (χ4v) is 2.11. The highest BCUT2D eigenvalue weighted by Crippen LogP contribution is 2.10. The predicted octanol–water partition coefficient (Wildman–Crippen LogP) is 5.23. The molecule has 0 unspecified atom stereocenters. The minimum atomic E-state index is -0.787. The molecule has 0 saturated heterocycles. The van der Waals surface area contributed by atoms with Gasteiger partial charge in [0.05, 0.1) is 6.42 Å². The SMILES string of the molecule is CCCCCCCCCCCCS.O=C(O)CCS. The minimum absolute atomic E-state index is 0.156. The molecule has 0 fully saturated rings. The number of carbonyl (C=O) groups is 1. The lowest BCUT2D eigenvalue weighted by Crippen LogP contribution is -1.93. The maximum atomic E-state index is 9.55. The summed E-state index contributed by atoms with van der Waals surface area (Å²) in [7, 11) is 0. The number of hydrogen-bond donors (Lipinski definition) is 3. The first-order valence-corrected chi connectivity index (χ1v) is 8.89. The Hall–Kier alpha value is 0.170. The van der Waals surface area contributed by atoms with Gasteiger partial charge in [-0.2, -0.15) is 25.3 Å². The van der Waals surface area contributed by atoms with Gasteiger partial charge in [-0.05, 0) is 12.2 Å². The number of carboxylic acids is 1. The molecule has 0 aromatic rings. The van der Waals surface area contributed by atoms with Crippen molar-refractivity contribution in [1.29, 1.82) is 0 Å². The van der Waals surface area contributed by atoms with Crippen molar-refractivity contribution in [2.45, 2.75) is 77.6 Å². The smallest absolute Gasteiger partial charge is 0.304 e. The first-order chi connectivity index (χ1) is 9.18. The van der Waals surface area contributed by atoms with Gasteiger partial charge in [0.15, 0.2) is 0 Å². The van der Waals surface area contributed by atoms with Gasteiger partial charge in [0, 0.05) is 5.75 Å². The third kappa shape index (κ3) is 27.4. The first-order valence-electron chi connectivity index (χ1n) is 7.62. The van der Waals surface area contributed by atoms with Crippen molar-refractivity contribution >= 4 is 31.2 Å². The van der Waals surface area contributed by atoms with Crippen LogP contribution in [0.5, 0.6) is 0 Å². The fourth-order valence-electron chi connectivity index (χ4n) is 1.69. The van der Waals surface area contributed by atoms with Gasteiger partial charge in [-0.25, -0.2) is 0 Å². The highest BCUT2D eigenvalue weighted by molar-refractivity contribution is 7.80. The summed E-state index contributed by atoms with van der Waals surface area (Å²) in [5.74, 6) is 0.705. The summed E-state index contributed by atoms with van der Waals surface area (Å²) >= 11 is 7.88. The topological polar surface area (TPSA) is 37.3 Å². The van der Waals surface area contributed by atoms with Gasteiger partial charge in [-0.3, -0.25) is 4.79 Å². The molecule has 116 valence electrons. The fraction of sp³-hybridized carbons (Fsp3) is 0.933. The van der Waals surface area contributed by atoms with Gasteiger partial charge in [-0.1, -0.05) is 64.7 Å². The molecule has 1 N–H and O–H groups in total. The quantitative estimate of drug-likeness (QED) is 0.341. The van der Waals surface area contributed by atoms with E-state index >= 15 is 0 Å². The molecular weight excluding hydrogens is 276 g/mol. The number of unbranched alkanes of at least 4 members (excludes halogenated alkanes) is 9. The van der Waals surface area contributed by atoms with Gasteiger partial charge in [-0.15, -0.1) is 0 Å². The van der Waals surface area contributed by atoms with Crippen molar-refractivity contribution < 1.29 is 9.90 Å². The Bertz CT molecular complexity index is 166. The van der Waals surface area contributed by atoms with Crippen LogP contribution >= 0.6 is 25.3 Å². The van der Waals surface area contributed by atoms with Gasteiger partial charge in [0.25, 0.3) is 0 Å². The third-order valence-corrected chi connectivity index (χ3v) is 3.38. The zero-order valence-electron chi connectivity index (χ0n) is 12.4. The van der Waals surface area contributed by atoms with Crippen LogP contribution in [-0.2, 0) is 4.79 Å². The van der Waals surface area contributed by atoms with Crippen LogP contribution in [0.4, 0.5) is 0 Å². The summed E-state index contributed by atoms with van der Waals surface area (Å²) in [6, 6.07) is 0. The maximum Gasteiger partial charge on any atom is 0.304 e. The van der Waals surface area contributed by atoms with Crippen LogP contribution in [0.25, 0.3) is 0 Å². The maximum absolute atomic E-state index is 9.55. The lowest BCUT2D eigenvalue weighted by atomic mass is 10.1. The van der Waals surface area contributed by atoms with E-state index in [2.05, 4.69) is 32.2 Å². The van der Waals surface area contributed by atoms with Gasteiger partial charge >= 0.3 is 5.97 Å². The van der Waals surface area contributed by atoms with Crippen LogP contribution in [0.2, 0.25) is 0 Å². The van der Waals surface area contributed by atoms with Crippen LogP contribution in [-0.4, -0.2) is 22.6 Å². The minimum Gasteiger partial charge on any atom is -0.481 e. The van der Waals surface area contributed by atoms with Gasteiger partial charge in [0.2, 0.25) is 0 Å². The Labute approximate surface area is 130 Å². The van der Waals surface area contributed by atoms with E-state index in [1.807, 2.05) is 0 Å². The van der Waals surface area contributed by atoms with Crippen LogP contribution < -0.4 is 0 Å². The molecule has 2 nitrogen and oxygen atoms in total. The van der Waals surface area contributed by atoms with E-state index in [0.29, 0.717) is 5.75 Å². The predicted molar refractivity (Wildman–Crippen MR) is 91.8 cm³/mol. The third-order valence-electron chi connectivity index (χ3n) is 2.84. The van der Waals surface area contributed by atoms with Crippen LogP contribution in [0.3, 0.4) is 0 Å². The Balaban J connectivity index is 0. The van der Waals surface area contributed by atoms with E-state index in [9.17, 15) is 4.79 Å². The number of carboxylic acid groups (broad SMARTS) is 1. The molecule has 0 spiro atoms. The molecule has 19 heavy (non-hydrogen) atoms. The van der Waals surface area contributed by atoms with E-state index in [1.54, 1.807) is 0 Å². The van der Waals surface area contributed by atoms with Crippen molar-refractivity contribution in [2.75, 3.05) is 11.5 Å². The number of aliphatic carboxylic acids is 1. The van der Waals surface area contributed by atoms with Crippen LogP contribution in [0, 0.1) is 0 Å². The largest absolute Gasteiger partial charge is 0.481 e. The lowest BCUT2D eigenvalue weighted by molar-refractivity contribution is -0.136. The molecule has 0 aliphatic heterocycles. The highest BCUT2D eigenvalue weighted by Gasteiger charge is 1.91. The molecule has 0 rings (SSSR count). The van der Waals surface area contributed by atoms with E-state index in [4.69, 9.17) is 5.11 Å². The molecule has 0 aromatic heterocycles. The first kappa shape index (κ1) is 21.5. The van der Waals surface area contributed by atoms with Crippen molar-refractivity contribution in [3.63, 3.8) is 0 Å². The highest BCUT2D eigenvalue weighted by atomic mass is 32.1. The Kier molecular flexibility index (Phi) is 23.1. The van der Waals surface area contributed by atoms with Crippen molar-refractivity contribution in [3.05, 3.63) is 0 Å². The number of rotatable bonds is 12. The second-order valence-corrected chi connectivity index (χ2v) is 5.67. The lowest BCUT2D eigenvalue weighted by Gasteiger charge is -2.00. The summed E-state index contributed by atoms with van der Waals surface area (Å²) in [5.41, 5.74) is 0. The summed E-state index contributed by atoms with van der Waals surface area (Å²) in [5, 5.41) is 7.86. The van der Waals surface area contributed by atoms with Gasteiger partial charge < -0.3 is 5.11 Å². The number of hydrogen-bond acceptors (Lipinski definition) is 3. The molecule has 4 heteroatoms. The van der Waals surface area contributed by atoms with Crippen LogP contribution in [0.1, 0.15) is 77.6 Å². The van der Waals surface area contributed by atoms with Gasteiger partial charge in [0.1, 0.15) is 0 Å². The summed E-state index contributed by atoms with van der Waals surface area (Å²) < 4.78 is 0. The van der Waals surface area contributed by atoms with Crippen LogP contribution in [0.15, 0.2) is 0 Å². The molecule has 0 aliphatic carbocycles. The Morgan fingerprint density at radius 3 is 1.47 bits per heavy atom. The summed E-state index contributed by atoms with van der Waals surface area (Å²) in [4.78, 5) is 9.55. The zero-order chi connectivity index (χ0) is 14.8. The molecule has 0 aromatic carbocycles. The molecule has 0 atom stereocenters. The normalized spacial score (nSPS) is 9.84. The second kappa shape index (κ2) is 20.5. The average Bonchev–Trinajstić information content (AvgIpc) is 2.37. The standard InChI is InChI=1S/C12H26S.C3H6O2S/c1-2-3-4-5-6-7-8-9-10-11-12-13;4-3(5)1-2-6/h13H,2-12H2,1H3;6H,1-2H2,(H,4,5). The van der Waals surface area contributed by atoms with E-state index in [0.717, 1.165) is 5.75 Å². The summed E-state index contributed by atoms with van der Waals surface area (Å²) in [6.07, 6.45) is 14.3. The van der Waals surface area contributed by atoms with Crippen molar-refractivity contribution in [2.24, 2.45) is 0 Å². The monoisotopic (exact) mass is 308 g/mol. The molecule has 0 amide bonds. The molecule has 0 bridgehead atoms. The Morgan fingerprint density at radius 1 is 0.789 bits per heavy atom. The Morgan fingerprint density at radius 2 is 1.21 bits per heavy atom. The van der Waals surface area contributed by atoms with E-state index in [-0.39, 0.29) is 6.42 Å². The summed E-state index contributed by atoms with van der Waals surface area (Å²) in [6.45, 7) is 2.28. The van der Waals surface area contributed by atoms with Crippen molar-refractivity contribution in [1.82, 2.24) is 0 Å². The van der Waals surface area contributed by atoms with E-state index in [1.165, 1.54) is 64.2 Å². The zero-order valence-corrected chi connectivity index (χ0v) is 14.2. The van der Waals surface area contributed by atoms with Crippen molar-refractivity contribution in [3.8, 4) is 0 Å². The molecule has 0 heterocycles. The molecular formula is C15H32O2S2. The molecule has 0 saturated carbocycles. The second-order valence-electron chi connectivity index (χ2n) is 4.77. The molecule has 0 radical (unpaired) electrons. The average molecular weight is 309 g/mol.